The molecule has 0 atom stereocenters. The molecule has 0 saturated heterocycles. The maximum absolute atomic E-state index is 9.04. The molecule has 0 fully saturated rings. The number of aliphatic hydroxyl groups excluding tert-OH is 1. The van der Waals surface area contributed by atoms with Crippen molar-refractivity contribution in [3.05, 3.63) is 54.1 Å². The Morgan fingerprint density at radius 3 is 2.30 bits per heavy atom. The van der Waals surface area contributed by atoms with Crippen LogP contribution in [0, 0.1) is 0 Å². The number of aliphatic hydroxyl groups is 1. The molecule has 0 bridgehead atoms. The summed E-state index contributed by atoms with van der Waals surface area (Å²) < 4.78 is 11.2. The van der Waals surface area contributed by atoms with Gasteiger partial charge in [-0.3, -0.25) is 0 Å². The van der Waals surface area contributed by atoms with E-state index in [0.29, 0.717) is 13.2 Å². The molecule has 0 aromatic heterocycles. The molecule has 0 aliphatic carbocycles. The van der Waals surface area contributed by atoms with Crippen LogP contribution in [0.25, 0.3) is 0 Å². The van der Waals surface area contributed by atoms with E-state index in [2.05, 4.69) is 0 Å². The van der Waals surface area contributed by atoms with E-state index in [4.69, 9.17) is 14.6 Å². The van der Waals surface area contributed by atoms with Gasteiger partial charge in [-0.1, -0.05) is 12.1 Å². The summed E-state index contributed by atoms with van der Waals surface area (Å²) in [4.78, 5) is 1.22. The molecule has 4 heteroatoms. The average Bonchev–Trinajstić information content (AvgIpc) is 2.52. The number of rotatable bonds is 7. The van der Waals surface area contributed by atoms with E-state index in [1.54, 1.807) is 11.8 Å². The van der Waals surface area contributed by atoms with Gasteiger partial charge in [0.25, 0.3) is 0 Å². The van der Waals surface area contributed by atoms with Crippen molar-refractivity contribution < 1.29 is 14.6 Å². The first-order valence-corrected chi connectivity index (χ1v) is 7.64. The smallest absolute Gasteiger partial charge is 0.122 e. The van der Waals surface area contributed by atoms with Gasteiger partial charge in [-0.05, 0) is 48.2 Å². The monoisotopic (exact) mass is 290 g/mol. The van der Waals surface area contributed by atoms with E-state index in [1.807, 2.05) is 54.8 Å². The molecular weight excluding hydrogens is 272 g/mol. The Labute approximate surface area is 123 Å². The highest BCUT2D eigenvalue weighted by Gasteiger charge is 1.98. The molecule has 3 nitrogen and oxygen atoms in total. The molecule has 20 heavy (non-hydrogen) atoms. The van der Waals surface area contributed by atoms with Gasteiger partial charge in [-0.25, -0.2) is 0 Å². The molecule has 0 heterocycles. The molecule has 2 rings (SSSR count). The minimum atomic E-state index is 0.0233. The minimum Gasteiger partial charge on any atom is -0.490 e. The predicted molar refractivity (Wildman–Crippen MR) is 81.6 cm³/mol. The minimum absolute atomic E-state index is 0.0233. The van der Waals surface area contributed by atoms with Crippen LogP contribution in [0.5, 0.6) is 11.5 Å². The van der Waals surface area contributed by atoms with Crippen molar-refractivity contribution in [3.63, 3.8) is 0 Å². The lowest BCUT2D eigenvalue weighted by Crippen LogP contribution is -2.09. The van der Waals surface area contributed by atoms with Crippen LogP contribution in [0.3, 0.4) is 0 Å². The summed E-state index contributed by atoms with van der Waals surface area (Å²) in [6, 6.07) is 15.4. The molecule has 0 saturated carbocycles. The third-order valence-electron chi connectivity index (χ3n) is 2.76. The van der Waals surface area contributed by atoms with Crippen LogP contribution in [0.2, 0.25) is 0 Å². The summed E-state index contributed by atoms with van der Waals surface area (Å²) in [7, 11) is 0. The summed E-state index contributed by atoms with van der Waals surface area (Å²) in [6.45, 7) is 0.983. The normalized spacial score (nSPS) is 10.3. The molecule has 1 N–H and O–H groups in total. The third-order valence-corrected chi connectivity index (χ3v) is 3.50. The van der Waals surface area contributed by atoms with Crippen LogP contribution >= 0.6 is 11.8 Å². The van der Waals surface area contributed by atoms with Gasteiger partial charge in [0.1, 0.15) is 24.7 Å². The second-order valence-electron chi connectivity index (χ2n) is 4.18. The van der Waals surface area contributed by atoms with Gasteiger partial charge in [-0.2, -0.15) is 0 Å². The third kappa shape index (κ3) is 4.47. The molecule has 0 unspecified atom stereocenters. The zero-order chi connectivity index (χ0) is 14.2. The second-order valence-corrected chi connectivity index (χ2v) is 5.06. The first-order chi connectivity index (χ1) is 9.81. The van der Waals surface area contributed by atoms with Gasteiger partial charge in [0, 0.05) is 4.90 Å². The molecule has 0 aliphatic rings. The lowest BCUT2D eigenvalue weighted by atomic mass is 10.2. The zero-order valence-electron chi connectivity index (χ0n) is 11.4. The molecule has 106 valence electrons. The molecule has 0 radical (unpaired) electrons. The van der Waals surface area contributed by atoms with Crippen molar-refractivity contribution >= 4 is 11.8 Å². The Kier molecular flexibility index (Phi) is 5.77. The number of hydrogen-bond acceptors (Lipinski definition) is 4. The van der Waals surface area contributed by atoms with E-state index >= 15 is 0 Å². The van der Waals surface area contributed by atoms with Crippen LogP contribution in [0.4, 0.5) is 0 Å². The topological polar surface area (TPSA) is 38.7 Å². The largest absolute Gasteiger partial charge is 0.490 e. The quantitative estimate of drug-likeness (QED) is 0.627. The van der Waals surface area contributed by atoms with Gasteiger partial charge >= 0.3 is 0 Å². The highest BCUT2D eigenvalue weighted by molar-refractivity contribution is 7.98. The Morgan fingerprint density at radius 1 is 0.950 bits per heavy atom. The Balaban J connectivity index is 1.75. The summed E-state index contributed by atoms with van der Waals surface area (Å²) in [5.41, 5.74) is 0.844. The molecule has 0 aliphatic heterocycles. The van der Waals surface area contributed by atoms with Gasteiger partial charge in [-0.15, -0.1) is 11.8 Å². The molecule has 2 aromatic carbocycles. The lowest BCUT2D eigenvalue weighted by Gasteiger charge is -2.09. The van der Waals surface area contributed by atoms with Crippen LogP contribution < -0.4 is 9.47 Å². The van der Waals surface area contributed by atoms with E-state index in [0.717, 1.165) is 17.1 Å². The van der Waals surface area contributed by atoms with Crippen molar-refractivity contribution in [3.8, 4) is 11.5 Å². The van der Waals surface area contributed by atoms with Gasteiger partial charge in [0.05, 0.1) is 6.61 Å². The highest BCUT2D eigenvalue weighted by Crippen LogP contribution is 2.19. The van der Waals surface area contributed by atoms with E-state index < -0.39 is 0 Å². The van der Waals surface area contributed by atoms with Crippen molar-refractivity contribution in [1.29, 1.82) is 0 Å². The first-order valence-electron chi connectivity index (χ1n) is 6.41. The van der Waals surface area contributed by atoms with Gasteiger partial charge in [0.15, 0.2) is 0 Å². The fraction of sp³-hybridized carbons (Fsp3) is 0.250. The Morgan fingerprint density at radius 2 is 1.65 bits per heavy atom. The van der Waals surface area contributed by atoms with Crippen molar-refractivity contribution in [2.24, 2.45) is 0 Å². The SMILES string of the molecule is CSc1ccc(OCCOc2cccc(CO)c2)cc1. The van der Waals surface area contributed by atoms with Crippen LogP contribution in [0.1, 0.15) is 5.56 Å². The number of hydrogen-bond donors (Lipinski definition) is 1. The maximum Gasteiger partial charge on any atom is 0.122 e. The summed E-state index contributed by atoms with van der Waals surface area (Å²) in [6.07, 6.45) is 2.05. The predicted octanol–water partition coefficient (Wildman–Crippen LogP) is 3.36. The van der Waals surface area contributed by atoms with Crippen LogP contribution in [-0.2, 0) is 6.61 Å². The second kappa shape index (κ2) is 7.82. The van der Waals surface area contributed by atoms with E-state index in [-0.39, 0.29) is 6.61 Å². The van der Waals surface area contributed by atoms with Crippen LogP contribution in [-0.4, -0.2) is 24.6 Å². The van der Waals surface area contributed by atoms with Crippen molar-refractivity contribution in [2.75, 3.05) is 19.5 Å². The fourth-order valence-electron chi connectivity index (χ4n) is 1.72. The summed E-state index contributed by atoms with van der Waals surface area (Å²) in [5.74, 6) is 1.59. The van der Waals surface area contributed by atoms with E-state index in [1.165, 1.54) is 4.90 Å². The maximum atomic E-state index is 9.04. The van der Waals surface area contributed by atoms with Crippen LogP contribution in [0.15, 0.2) is 53.4 Å². The molecule has 2 aromatic rings. The average molecular weight is 290 g/mol. The molecular formula is C16H18O3S. The van der Waals surface area contributed by atoms with Crippen molar-refractivity contribution in [1.82, 2.24) is 0 Å². The number of thioether (sulfide) groups is 1. The fourth-order valence-corrected chi connectivity index (χ4v) is 2.13. The highest BCUT2D eigenvalue weighted by atomic mass is 32.2. The van der Waals surface area contributed by atoms with Gasteiger partial charge in [0.2, 0.25) is 0 Å². The zero-order valence-corrected chi connectivity index (χ0v) is 12.2. The van der Waals surface area contributed by atoms with Crippen molar-refractivity contribution in [2.45, 2.75) is 11.5 Å². The first kappa shape index (κ1) is 14.8. The number of benzene rings is 2. The summed E-state index contributed by atoms with van der Waals surface area (Å²) >= 11 is 1.71. The Bertz CT molecular complexity index is 526. The standard InChI is InChI=1S/C16H18O3S/c1-20-16-7-5-14(6-8-16)18-9-10-19-15-4-2-3-13(11-15)12-17/h2-8,11,17H,9-10,12H2,1H3. The Hall–Kier alpha value is -1.65. The van der Waals surface area contributed by atoms with E-state index in [9.17, 15) is 0 Å². The summed E-state index contributed by atoms with van der Waals surface area (Å²) in [5, 5.41) is 9.04. The lowest BCUT2D eigenvalue weighted by molar-refractivity contribution is 0.216. The molecule has 0 amide bonds. The molecule has 0 spiro atoms. The van der Waals surface area contributed by atoms with Gasteiger partial charge < -0.3 is 14.6 Å². The number of ether oxygens (including phenoxy) is 2.